The molecule has 2 unspecified atom stereocenters. The second-order valence-electron chi connectivity index (χ2n) is 4.73. The molecule has 1 aromatic carbocycles. The summed E-state index contributed by atoms with van der Waals surface area (Å²) in [5.41, 5.74) is 0. The quantitative estimate of drug-likeness (QED) is 0.890. The van der Waals surface area contributed by atoms with E-state index in [0.717, 1.165) is 6.42 Å². The molecule has 1 N–H and O–H groups in total. The molecule has 1 fully saturated rings. The minimum Gasteiger partial charge on any atom is -0.507 e. The van der Waals surface area contributed by atoms with Crippen molar-refractivity contribution < 1.29 is 13.5 Å². The first-order chi connectivity index (χ1) is 7.93. The number of benzene rings is 1. The lowest BCUT2D eigenvalue weighted by Gasteiger charge is -2.17. The van der Waals surface area contributed by atoms with E-state index in [0.29, 0.717) is 18.4 Å². The zero-order chi connectivity index (χ0) is 12.6. The summed E-state index contributed by atoms with van der Waals surface area (Å²) in [6.07, 6.45) is 1.08. The number of hydrogen-bond acceptors (Lipinski definition) is 3. The van der Waals surface area contributed by atoms with Gasteiger partial charge in [-0.3, -0.25) is 0 Å². The van der Waals surface area contributed by atoms with Crippen LogP contribution in [0.25, 0.3) is 0 Å². The van der Waals surface area contributed by atoms with E-state index in [9.17, 15) is 13.5 Å². The third-order valence-electron chi connectivity index (χ3n) is 3.32. The van der Waals surface area contributed by atoms with Crippen LogP contribution < -0.4 is 0 Å². The van der Waals surface area contributed by atoms with Crippen LogP contribution in [-0.4, -0.2) is 31.4 Å². The van der Waals surface area contributed by atoms with Crippen molar-refractivity contribution in [1.82, 2.24) is 4.31 Å². The minimum absolute atomic E-state index is 0.0178. The van der Waals surface area contributed by atoms with Gasteiger partial charge >= 0.3 is 0 Å². The molecule has 1 aliphatic rings. The van der Waals surface area contributed by atoms with Crippen LogP contribution in [0.1, 0.15) is 13.3 Å². The number of para-hydroxylation sites is 1. The number of nitrogens with zero attached hydrogens (tertiary/aromatic N) is 1. The topological polar surface area (TPSA) is 57.6 Å². The van der Waals surface area contributed by atoms with Gasteiger partial charge in [0.05, 0.1) is 0 Å². The predicted molar refractivity (Wildman–Crippen MR) is 65.2 cm³/mol. The van der Waals surface area contributed by atoms with Crippen molar-refractivity contribution in [2.75, 3.05) is 13.6 Å². The van der Waals surface area contributed by atoms with E-state index in [2.05, 4.69) is 6.92 Å². The van der Waals surface area contributed by atoms with E-state index in [1.54, 1.807) is 19.2 Å². The second kappa shape index (κ2) is 4.31. The average molecular weight is 255 g/mol. The first-order valence-electron chi connectivity index (χ1n) is 5.67. The fourth-order valence-electron chi connectivity index (χ4n) is 1.93. The summed E-state index contributed by atoms with van der Waals surface area (Å²) in [4.78, 5) is -0.0178. The molecule has 0 radical (unpaired) electrons. The van der Waals surface area contributed by atoms with Gasteiger partial charge in [0.2, 0.25) is 10.0 Å². The van der Waals surface area contributed by atoms with Gasteiger partial charge in [0.25, 0.3) is 0 Å². The molecule has 0 amide bonds. The second-order valence-corrected chi connectivity index (χ2v) is 6.74. The van der Waals surface area contributed by atoms with Crippen molar-refractivity contribution in [3.8, 4) is 5.75 Å². The van der Waals surface area contributed by atoms with Crippen molar-refractivity contribution in [2.24, 2.45) is 11.8 Å². The van der Waals surface area contributed by atoms with Crippen molar-refractivity contribution in [3.63, 3.8) is 0 Å². The van der Waals surface area contributed by atoms with Crippen LogP contribution in [0, 0.1) is 11.8 Å². The number of sulfonamides is 1. The SMILES string of the molecule is CC1CC1CN(C)S(=O)(=O)c1ccccc1O. The highest BCUT2D eigenvalue weighted by Gasteiger charge is 2.36. The third kappa shape index (κ3) is 2.45. The molecule has 94 valence electrons. The van der Waals surface area contributed by atoms with Crippen LogP contribution in [0.2, 0.25) is 0 Å². The molecule has 0 bridgehead atoms. The van der Waals surface area contributed by atoms with Crippen LogP contribution in [-0.2, 0) is 10.0 Å². The van der Waals surface area contributed by atoms with Gasteiger partial charge < -0.3 is 5.11 Å². The van der Waals surface area contributed by atoms with Crippen LogP contribution in [0.4, 0.5) is 0 Å². The van der Waals surface area contributed by atoms with Gasteiger partial charge in [-0.25, -0.2) is 12.7 Å². The van der Waals surface area contributed by atoms with Crippen molar-refractivity contribution in [1.29, 1.82) is 0 Å². The maximum absolute atomic E-state index is 12.2. The van der Waals surface area contributed by atoms with Gasteiger partial charge in [0.15, 0.2) is 0 Å². The van der Waals surface area contributed by atoms with Gasteiger partial charge in [0.1, 0.15) is 10.6 Å². The Hall–Kier alpha value is -1.07. The molecule has 0 aliphatic heterocycles. The summed E-state index contributed by atoms with van der Waals surface area (Å²) >= 11 is 0. The Bertz CT molecular complexity index is 512. The van der Waals surface area contributed by atoms with E-state index >= 15 is 0 Å². The normalized spacial score (nSPS) is 23.9. The molecule has 2 atom stereocenters. The summed E-state index contributed by atoms with van der Waals surface area (Å²) in [5.74, 6) is 0.876. The fraction of sp³-hybridized carbons (Fsp3) is 0.500. The molecule has 1 saturated carbocycles. The average Bonchev–Trinajstić information content (AvgIpc) is 2.94. The molecule has 1 aliphatic carbocycles. The number of aromatic hydroxyl groups is 1. The predicted octanol–water partition coefficient (Wildman–Crippen LogP) is 1.67. The van der Waals surface area contributed by atoms with E-state index in [1.807, 2.05) is 0 Å². The van der Waals surface area contributed by atoms with Crippen molar-refractivity contribution in [3.05, 3.63) is 24.3 Å². The van der Waals surface area contributed by atoms with E-state index in [4.69, 9.17) is 0 Å². The van der Waals surface area contributed by atoms with Gasteiger partial charge in [-0.05, 0) is 30.4 Å². The summed E-state index contributed by atoms with van der Waals surface area (Å²) < 4.78 is 25.7. The molecule has 1 aromatic rings. The summed E-state index contributed by atoms with van der Waals surface area (Å²) in [7, 11) is -2.00. The van der Waals surface area contributed by atoms with Gasteiger partial charge in [-0.15, -0.1) is 0 Å². The molecule has 2 rings (SSSR count). The van der Waals surface area contributed by atoms with Crippen LogP contribution in [0.5, 0.6) is 5.75 Å². The van der Waals surface area contributed by atoms with Crippen LogP contribution in [0.3, 0.4) is 0 Å². The first-order valence-corrected chi connectivity index (χ1v) is 7.11. The zero-order valence-electron chi connectivity index (χ0n) is 10.00. The molecule has 0 saturated heterocycles. The Kier molecular flexibility index (Phi) is 3.14. The highest BCUT2D eigenvalue weighted by molar-refractivity contribution is 7.89. The molecule has 0 spiro atoms. The Morgan fingerprint density at radius 2 is 2.00 bits per heavy atom. The number of hydrogen-bond donors (Lipinski definition) is 1. The summed E-state index contributed by atoms with van der Waals surface area (Å²) in [5, 5.41) is 9.59. The molecule has 17 heavy (non-hydrogen) atoms. The smallest absolute Gasteiger partial charge is 0.246 e. The highest BCUT2D eigenvalue weighted by Crippen LogP contribution is 2.39. The molecule has 0 heterocycles. The molecule has 4 nitrogen and oxygen atoms in total. The summed E-state index contributed by atoms with van der Waals surface area (Å²) in [6, 6.07) is 6.04. The molecule has 0 aromatic heterocycles. The maximum atomic E-state index is 12.2. The molecule has 5 heteroatoms. The van der Waals surface area contributed by atoms with Crippen molar-refractivity contribution in [2.45, 2.75) is 18.2 Å². The Morgan fingerprint density at radius 1 is 1.41 bits per heavy atom. The molecular formula is C12H17NO3S. The number of rotatable bonds is 4. The standard InChI is InChI=1S/C12H17NO3S/c1-9-7-10(9)8-13(2)17(15,16)12-6-4-3-5-11(12)14/h3-6,9-10,14H,7-8H2,1-2H3. The van der Waals surface area contributed by atoms with Crippen LogP contribution in [0.15, 0.2) is 29.2 Å². The Balaban J connectivity index is 2.21. The first kappa shape index (κ1) is 12.4. The van der Waals surface area contributed by atoms with E-state index in [1.165, 1.54) is 16.4 Å². The lowest BCUT2D eigenvalue weighted by Crippen LogP contribution is -2.29. The number of phenolic OH excluding ortho intramolecular Hbond substituents is 1. The zero-order valence-corrected chi connectivity index (χ0v) is 10.8. The molecular weight excluding hydrogens is 238 g/mol. The highest BCUT2D eigenvalue weighted by atomic mass is 32.2. The van der Waals surface area contributed by atoms with Crippen LogP contribution >= 0.6 is 0 Å². The Morgan fingerprint density at radius 3 is 2.53 bits per heavy atom. The lowest BCUT2D eigenvalue weighted by atomic mass is 10.3. The third-order valence-corrected chi connectivity index (χ3v) is 5.19. The van der Waals surface area contributed by atoms with E-state index < -0.39 is 10.0 Å². The van der Waals surface area contributed by atoms with Gasteiger partial charge in [0, 0.05) is 13.6 Å². The lowest BCUT2D eigenvalue weighted by molar-refractivity contribution is 0.429. The van der Waals surface area contributed by atoms with Crippen molar-refractivity contribution >= 4 is 10.0 Å². The monoisotopic (exact) mass is 255 g/mol. The minimum atomic E-state index is -3.56. The Labute approximate surface area is 102 Å². The van der Waals surface area contributed by atoms with Gasteiger partial charge in [-0.2, -0.15) is 0 Å². The van der Waals surface area contributed by atoms with E-state index in [-0.39, 0.29) is 10.6 Å². The summed E-state index contributed by atoms with van der Waals surface area (Å²) in [6.45, 7) is 2.64. The number of phenols is 1. The largest absolute Gasteiger partial charge is 0.507 e. The maximum Gasteiger partial charge on any atom is 0.246 e. The van der Waals surface area contributed by atoms with Gasteiger partial charge in [-0.1, -0.05) is 19.1 Å². The fourth-order valence-corrected chi connectivity index (χ4v) is 3.23.